The van der Waals surface area contributed by atoms with Gasteiger partial charge in [0.25, 0.3) is 0 Å². The number of nitrogens with zero attached hydrogens (tertiary/aromatic N) is 5. The third-order valence-electron chi connectivity index (χ3n) is 6.83. The predicted molar refractivity (Wildman–Crippen MR) is 114 cm³/mol. The third-order valence-corrected chi connectivity index (χ3v) is 6.83. The molecule has 30 heavy (non-hydrogen) atoms. The monoisotopic (exact) mass is 405 g/mol. The van der Waals surface area contributed by atoms with E-state index in [1.807, 2.05) is 49.2 Å². The molecular formula is C23H27N5O2. The molecule has 0 atom stereocenters. The molecule has 2 aromatic heterocycles. The molecule has 1 spiro atoms. The second-order valence-electron chi connectivity index (χ2n) is 8.62. The summed E-state index contributed by atoms with van der Waals surface area (Å²) in [5, 5.41) is 4.04. The number of fused-ring (bicyclic) bond motifs is 1. The number of amides is 1. The lowest BCUT2D eigenvalue weighted by atomic mass is 9.71. The zero-order chi connectivity index (χ0) is 20.7. The number of para-hydroxylation sites is 2. The highest BCUT2D eigenvalue weighted by Crippen LogP contribution is 2.42. The van der Waals surface area contributed by atoms with E-state index < -0.39 is 0 Å². The van der Waals surface area contributed by atoms with Crippen molar-refractivity contribution in [3.05, 3.63) is 47.5 Å². The summed E-state index contributed by atoms with van der Waals surface area (Å²) in [5.41, 5.74) is 3.49. The van der Waals surface area contributed by atoms with Gasteiger partial charge in [0.2, 0.25) is 5.91 Å². The maximum atomic E-state index is 13.5. The first-order valence-electron chi connectivity index (χ1n) is 10.7. The van der Waals surface area contributed by atoms with Crippen molar-refractivity contribution in [2.24, 2.45) is 5.41 Å². The van der Waals surface area contributed by atoms with Crippen molar-refractivity contribution in [3.8, 4) is 0 Å². The highest BCUT2D eigenvalue weighted by molar-refractivity contribution is 5.84. The molecule has 3 aromatic rings. The van der Waals surface area contributed by atoms with E-state index in [2.05, 4.69) is 15.0 Å². The molecule has 4 heterocycles. The fraction of sp³-hybridized carbons (Fsp3) is 0.478. The number of rotatable bonds is 3. The topological polar surface area (TPSA) is 75.4 Å². The Morgan fingerprint density at radius 3 is 2.57 bits per heavy atom. The molecule has 1 aromatic carbocycles. The number of carbonyl (C=O) groups excluding carboxylic acids is 1. The van der Waals surface area contributed by atoms with Crippen LogP contribution in [0.25, 0.3) is 11.0 Å². The smallest absolute Gasteiger partial charge is 0.229 e. The van der Waals surface area contributed by atoms with Gasteiger partial charge in [0.15, 0.2) is 0 Å². The van der Waals surface area contributed by atoms with Crippen LogP contribution in [0.2, 0.25) is 0 Å². The van der Waals surface area contributed by atoms with Crippen LogP contribution < -0.4 is 4.90 Å². The first-order chi connectivity index (χ1) is 14.6. The SMILES string of the molecule is Cc1noc(C)c1CN1CCCC2(CCN(c3cnc4ccccc4n3)CC2)C1=O. The number of aryl methyl sites for hydroxylation is 2. The Kier molecular flexibility index (Phi) is 4.68. The molecule has 0 N–H and O–H groups in total. The van der Waals surface area contributed by atoms with Gasteiger partial charge in [-0.15, -0.1) is 0 Å². The number of hydrogen-bond acceptors (Lipinski definition) is 6. The van der Waals surface area contributed by atoms with Gasteiger partial charge in [-0.2, -0.15) is 0 Å². The molecule has 1 amide bonds. The largest absolute Gasteiger partial charge is 0.361 e. The van der Waals surface area contributed by atoms with Crippen LogP contribution >= 0.6 is 0 Å². The van der Waals surface area contributed by atoms with Crippen LogP contribution in [0.1, 0.15) is 42.7 Å². The van der Waals surface area contributed by atoms with Gasteiger partial charge in [-0.05, 0) is 51.7 Å². The van der Waals surface area contributed by atoms with Crippen molar-refractivity contribution in [3.63, 3.8) is 0 Å². The van der Waals surface area contributed by atoms with Gasteiger partial charge < -0.3 is 14.3 Å². The summed E-state index contributed by atoms with van der Waals surface area (Å²) in [7, 11) is 0. The van der Waals surface area contributed by atoms with E-state index in [0.717, 1.165) is 79.2 Å². The van der Waals surface area contributed by atoms with Crippen LogP contribution in [0.4, 0.5) is 5.82 Å². The average molecular weight is 406 g/mol. The Bertz CT molecular complexity index is 1060. The number of aromatic nitrogens is 3. The summed E-state index contributed by atoms with van der Waals surface area (Å²) >= 11 is 0. The van der Waals surface area contributed by atoms with Gasteiger partial charge in [-0.25, -0.2) is 4.98 Å². The minimum absolute atomic E-state index is 0.252. The number of likely N-dealkylation sites (tertiary alicyclic amines) is 1. The lowest BCUT2D eigenvalue weighted by molar-refractivity contribution is -0.148. The van der Waals surface area contributed by atoms with E-state index in [-0.39, 0.29) is 11.3 Å². The van der Waals surface area contributed by atoms with Crippen LogP contribution in [0.5, 0.6) is 0 Å². The maximum absolute atomic E-state index is 13.5. The van der Waals surface area contributed by atoms with E-state index in [4.69, 9.17) is 9.51 Å². The van der Waals surface area contributed by atoms with Crippen molar-refractivity contribution in [1.29, 1.82) is 0 Å². The van der Waals surface area contributed by atoms with Crippen molar-refractivity contribution in [2.45, 2.75) is 46.1 Å². The van der Waals surface area contributed by atoms with Crippen molar-refractivity contribution < 1.29 is 9.32 Å². The van der Waals surface area contributed by atoms with E-state index in [1.165, 1.54) is 0 Å². The number of hydrogen-bond donors (Lipinski definition) is 0. The molecule has 156 valence electrons. The molecule has 0 radical (unpaired) electrons. The van der Waals surface area contributed by atoms with Crippen LogP contribution in [0.15, 0.2) is 35.0 Å². The van der Waals surface area contributed by atoms with E-state index >= 15 is 0 Å². The van der Waals surface area contributed by atoms with E-state index in [9.17, 15) is 4.79 Å². The lowest BCUT2D eigenvalue weighted by Gasteiger charge is -2.46. The number of piperidine rings is 2. The van der Waals surface area contributed by atoms with Gasteiger partial charge in [-0.1, -0.05) is 17.3 Å². The molecule has 0 unspecified atom stereocenters. The van der Waals surface area contributed by atoms with Crippen LogP contribution in [0.3, 0.4) is 0 Å². The molecule has 0 bridgehead atoms. The summed E-state index contributed by atoms with van der Waals surface area (Å²) in [5.74, 6) is 2.00. The molecule has 2 fully saturated rings. The molecular weight excluding hydrogens is 378 g/mol. The minimum Gasteiger partial charge on any atom is -0.361 e. The second kappa shape index (κ2) is 7.38. The summed E-state index contributed by atoms with van der Waals surface area (Å²) < 4.78 is 5.30. The fourth-order valence-corrected chi connectivity index (χ4v) is 4.95. The molecule has 2 saturated heterocycles. The molecule has 2 aliphatic rings. The highest BCUT2D eigenvalue weighted by atomic mass is 16.5. The number of anilines is 1. The fourth-order valence-electron chi connectivity index (χ4n) is 4.95. The van der Waals surface area contributed by atoms with Gasteiger partial charge in [0.05, 0.1) is 34.9 Å². The first-order valence-corrected chi connectivity index (χ1v) is 10.7. The first kappa shape index (κ1) is 19.0. The molecule has 5 rings (SSSR count). The van der Waals surface area contributed by atoms with Crippen molar-refractivity contribution in [2.75, 3.05) is 24.5 Å². The molecule has 0 saturated carbocycles. The van der Waals surface area contributed by atoms with Crippen molar-refractivity contribution >= 4 is 22.8 Å². The van der Waals surface area contributed by atoms with Crippen LogP contribution in [-0.2, 0) is 11.3 Å². The van der Waals surface area contributed by atoms with E-state index in [0.29, 0.717) is 6.54 Å². The molecule has 7 heteroatoms. The standard InChI is InChI=1S/C23H27N5O2/c1-16-18(17(2)30-26-16)15-28-11-5-8-23(22(28)29)9-12-27(13-10-23)21-14-24-19-6-3-4-7-20(19)25-21/h3-4,6-7,14H,5,8-13,15H2,1-2H3. The summed E-state index contributed by atoms with van der Waals surface area (Å²) in [6.07, 6.45) is 5.59. The maximum Gasteiger partial charge on any atom is 0.229 e. The summed E-state index contributed by atoms with van der Waals surface area (Å²) in [4.78, 5) is 27.1. The Morgan fingerprint density at radius 1 is 1.07 bits per heavy atom. The average Bonchev–Trinajstić information content (AvgIpc) is 3.09. The van der Waals surface area contributed by atoms with Crippen LogP contribution in [-0.4, -0.2) is 45.6 Å². The second-order valence-corrected chi connectivity index (χ2v) is 8.62. The Labute approximate surface area is 176 Å². The molecule has 2 aliphatic heterocycles. The molecule has 7 nitrogen and oxygen atoms in total. The van der Waals surface area contributed by atoms with Gasteiger partial charge >= 0.3 is 0 Å². The minimum atomic E-state index is -0.252. The summed E-state index contributed by atoms with van der Waals surface area (Å²) in [6, 6.07) is 7.94. The molecule has 0 aliphatic carbocycles. The Hall–Kier alpha value is -2.96. The Balaban J connectivity index is 1.30. The Morgan fingerprint density at radius 2 is 1.83 bits per heavy atom. The third kappa shape index (κ3) is 3.22. The highest BCUT2D eigenvalue weighted by Gasteiger charge is 2.46. The number of benzene rings is 1. The van der Waals surface area contributed by atoms with Gasteiger partial charge in [0.1, 0.15) is 11.6 Å². The van der Waals surface area contributed by atoms with Gasteiger partial charge in [0, 0.05) is 25.2 Å². The zero-order valence-corrected chi connectivity index (χ0v) is 17.6. The lowest BCUT2D eigenvalue weighted by Crippen LogP contribution is -2.53. The van der Waals surface area contributed by atoms with Crippen LogP contribution in [0, 0.1) is 19.3 Å². The number of carbonyl (C=O) groups is 1. The van der Waals surface area contributed by atoms with Crippen molar-refractivity contribution in [1.82, 2.24) is 20.0 Å². The zero-order valence-electron chi connectivity index (χ0n) is 17.6. The normalized spacial score (nSPS) is 19.1. The van der Waals surface area contributed by atoms with Gasteiger partial charge in [-0.3, -0.25) is 9.78 Å². The van der Waals surface area contributed by atoms with E-state index in [1.54, 1.807) is 0 Å². The quantitative estimate of drug-likeness (QED) is 0.662. The predicted octanol–water partition coefficient (Wildman–Crippen LogP) is 3.64. The summed E-state index contributed by atoms with van der Waals surface area (Å²) in [6.45, 7) is 6.93.